The molecule has 0 N–H and O–H groups in total. The number of unbranched alkanes of at least 4 members (excludes halogenated alkanes) is 4. The molecule has 0 radical (unpaired) electrons. The Morgan fingerprint density at radius 3 is 2.15 bits per heavy atom. The average molecular weight is 545 g/mol. The minimum absolute atomic E-state index is 0.0109. The molecule has 2 saturated carbocycles. The highest BCUT2D eigenvalue weighted by Crippen LogP contribution is 2.40. The third-order valence-electron chi connectivity index (χ3n) is 8.74. The normalized spacial score (nSPS) is 23.4. The van der Waals surface area contributed by atoms with Crippen molar-refractivity contribution in [2.75, 3.05) is 6.61 Å². The van der Waals surface area contributed by atoms with Gasteiger partial charge >= 0.3 is 5.97 Å². The number of carbonyl (C=O) groups excluding carboxylic acids is 1. The molecule has 39 heavy (non-hydrogen) atoms. The summed E-state index contributed by atoms with van der Waals surface area (Å²) in [5.74, 6) is -2.53. The van der Waals surface area contributed by atoms with Crippen molar-refractivity contribution >= 4 is 5.97 Å². The molecule has 2 fully saturated rings. The lowest BCUT2D eigenvalue weighted by Crippen LogP contribution is -2.25. The van der Waals surface area contributed by atoms with E-state index in [2.05, 4.69) is 13.8 Å². The molecule has 2 aliphatic rings. The molecule has 0 atom stereocenters. The van der Waals surface area contributed by atoms with E-state index in [0.29, 0.717) is 43.8 Å². The van der Waals surface area contributed by atoms with Crippen molar-refractivity contribution in [3.8, 4) is 11.5 Å². The summed E-state index contributed by atoms with van der Waals surface area (Å²) in [4.78, 5) is 12.8. The van der Waals surface area contributed by atoms with Crippen molar-refractivity contribution in [3.05, 3.63) is 58.9 Å². The van der Waals surface area contributed by atoms with Gasteiger partial charge in [0.05, 0.1) is 12.5 Å². The number of hydrogen-bond donors (Lipinski definition) is 0. The van der Waals surface area contributed by atoms with Crippen molar-refractivity contribution in [3.63, 3.8) is 0 Å². The maximum Gasteiger partial charge on any atom is 0.314 e. The summed E-state index contributed by atoms with van der Waals surface area (Å²) < 4.78 is 55.3. The van der Waals surface area contributed by atoms with Crippen LogP contribution in [-0.4, -0.2) is 12.6 Å². The predicted molar refractivity (Wildman–Crippen MR) is 148 cm³/mol. The molecule has 0 bridgehead atoms. The number of ether oxygens (including phenoxy) is 2. The molecule has 0 aromatic heterocycles. The van der Waals surface area contributed by atoms with Crippen LogP contribution in [0.3, 0.4) is 0 Å². The number of carbonyl (C=O) groups is 1. The van der Waals surface area contributed by atoms with Crippen molar-refractivity contribution in [2.24, 2.45) is 11.8 Å². The molecule has 0 amide bonds. The summed E-state index contributed by atoms with van der Waals surface area (Å²) in [6.45, 7) is 4.87. The molecule has 0 heterocycles. The summed E-state index contributed by atoms with van der Waals surface area (Å²) in [7, 11) is 0. The lowest BCUT2D eigenvalue weighted by Gasteiger charge is -2.28. The standard InChI is InChI=1S/C33H43F3O3/c1-3-4-5-6-7-20-38-29-18-16-26(21-28(29)34)23-12-14-25(15-13-23)33(37)39-30-19-17-27(31(35)32(30)36)24-10-8-22(2)9-11-24/h16-19,21-25H,3-15,20H2,1-2H3. The highest BCUT2D eigenvalue weighted by molar-refractivity contribution is 5.75. The molecular weight excluding hydrogens is 501 g/mol. The van der Waals surface area contributed by atoms with E-state index < -0.39 is 17.6 Å². The van der Waals surface area contributed by atoms with Crippen LogP contribution in [0.25, 0.3) is 0 Å². The van der Waals surface area contributed by atoms with E-state index in [-0.39, 0.29) is 35.1 Å². The van der Waals surface area contributed by atoms with Crippen LogP contribution < -0.4 is 9.47 Å². The van der Waals surface area contributed by atoms with E-state index in [0.717, 1.165) is 44.1 Å². The molecule has 0 saturated heterocycles. The van der Waals surface area contributed by atoms with Gasteiger partial charge in [0.25, 0.3) is 0 Å². The maximum absolute atomic E-state index is 14.9. The summed E-state index contributed by atoms with van der Waals surface area (Å²) in [5.41, 5.74) is 1.28. The molecule has 0 unspecified atom stereocenters. The first-order chi connectivity index (χ1) is 18.9. The van der Waals surface area contributed by atoms with Crippen molar-refractivity contribution < 1.29 is 27.4 Å². The maximum atomic E-state index is 14.9. The van der Waals surface area contributed by atoms with Crippen molar-refractivity contribution in [2.45, 2.75) is 109 Å². The van der Waals surface area contributed by atoms with Crippen LogP contribution >= 0.6 is 0 Å². The first kappa shape index (κ1) is 29.5. The summed E-state index contributed by atoms with van der Waals surface area (Å²) >= 11 is 0. The largest absolute Gasteiger partial charge is 0.491 e. The fourth-order valence-corrected chi connectivity index (χ4v) is 6.14. The van der Waals surface area contributed by atoms with Crippen molar-refractivity contribution in [1.82, 2.24) is 0 Å². The molecule has 2 aromatic rings. The Bertz CT molecular complexity index is 1090. The molecule has 0 aliphatic heterocycles. The van der Waals surface area contributed by atoms with Crippen LogP contribution in [0.2, 0.25) is 0 Å². The van der Waals surface area contributed by atoms with Gasteiger partial charge in [0.15, 0.2) is 23.1 Å². The first-order valence-corrected chi connectivity index (χ1v) is 15.0. The van der Waals surface area contributed by atoms with Crippen LogP contribution in [0, 0.1) is 29.3 Å². The van der Waals surface area contributed by atoms with E-state index in [1.165, 1.54) is 25.3 Å². The second-order valence-electron chi connectivity index (χ2n) is 11.7. The Balaban J connectivity index is 1.26. The lowest BCUT2D eigenvalue weighted by molar-refractivity contribution is -0.140. The van der Waals surface area contributed by atoms with Crippen LogP contribution in [0.4, 0.5) is 13.2 Å². The third kappa shape index (κ3) is 7.79. The Labute approximate surface area is 231 Å². The topological polar surface area (TPSA) is 35.5 Å². The van der Waals surface area contributed by atoms with E-state index in [1.807, 2.05) is 6.07 Å². The summed E-state index contributed by atoms with van der Waals surface area (Å²) in [6.07, 6.45) is 11.8. The van der Waals surface area contributed by atoms with E-state index in [4.69, 9.17) is 9.47 Å². The Morgan fingerprint density at radius 2 is 1.46 bits per heavy atom. The molecule has 6 heteroatoms. The molecule has 214 valence electrons. The quantitative estimate of drug-likeness (QED) is 0.160. The smallest absolute Gasteiger partial charge is 0.314 e. The zero-order valence-corrected chi connectivity index (χ0v) is 23.5. The van der Waals surface area contributed by atoms with Gasteiger partial charge in [0.1, 0.15) is 0 Å². The zero-order valence-electron chi connectivity index (χ0n) is 23.5. The van der Waals surface area contributed by atoms with Gasteiger partial charge in [0.2, 0.25) is 5.82 Å². The van der Waals surface area contributed by atoms with Crippen LogP contribution in [0.5, 0.6) is 11.5 Å². The van der Waals surface area contributed by atoms with Gasteiger partial charge in [-0.2, -0.15) is 4.39 Å². The van der Waals surface area contributed by atoms with Gasteiger partial charge in [-0.25, -0.2) is 8.78 Å². The Morgan fingerprint density at radius 1 is 0.795 bits per heavy atom. The summed E-state index contributed by atoms with van der Waals surface area (Å²) in [5, 5.41) is 0. The monoisotopic (exact) mass is 544 g/mol. The second kappa shape index (κ2) is 14.2. The third-order valence-corrected chi connectivity index (χ3v) is 8.74. The number of rotatable bonds is 11. The second-order valence-corrected chi connectivity index (χ2v) is 11.7. The Hall–Kier alpha value is -2.50. The number of benzene rings is 2. The van der Waals surface area contributed by atoms with Crippen LogP contribution in [0.1, 0.15) is 120 Å². The number of hydrogen-bond acceptors (Lipinski definition) is 3. The first-order valence-electron chi connectivity index (χ1n) is 15.0. The van der Waals surface area contributed by atoms with E-state index in [9.17, 15) is 18.0 Å². The zero-order chi connectivity index (χ0) is 27.8. The predicted octanol–water partition coefficient (Wildman–Crippen LogP) is 9.63. The van der Waals surface area contributed by atoms with Gasteiger partial charge < -0.3 is 9.47 Å². The summed E-state index contributed by atoms with van der Waals surface area (Å²) in [6, 6.07) is 8.12. The molecular formula is C33H43F3O3. The SMILES string of the molecule is CCCCCCCOc1ccc(C2CCC(C(=O)Oc3ccc(C4CCC(C)CC4)c(F)c3F)CC2)cc1F. The number of esters is 1. The van der Waals surface area contributed by atoms with Crippen molar-refractivity contribution in [1.29, 1.82) is 0 Å². The fourth-order valence-electron chi connectivity index (χ4n) is 6.14. The molecule has 0 spiro atoms. The van der Waals surface area contributed by atoms with Gasteiger partial charge in [-0.05, 0) is 92.0 Å². The highest BCUT2D eigenvalue weighted by Gasteiger charge is 2.31. The highest BCUT2D eigenvalue weighted by atomic mass is 19.2. The molecule has 2 aromatic carbocycles. The van der Waals surface area contributed by atoms with Gasteiger partial charge in [-0.1, -0.05) is 64.5 Å². The van der Waals surface area contributed by atoms with Crippen LogP contribution in [-0.2, 0) is 4.79 Å². The molecule has 3 nitrogen and oxygen atoms in total. The fraction of sp³-hybridized carbons (Fsp3) is 0.606. The van der Waals surface area contributed by atoms with Crippen LogP contribution in [0.15, 0.2) is 30.3 Å². The number of halogens is 3. The van der Waals surface area contributed by atoms with Gasteiger partial charge in [-0.15, -0.1) is 0 Å². The minimum atomic E-state index is -1.08. The molecule has 4 rings (SSSR count). The molecule has 2 aliphatic carbocycles. The van der Waals surface area contributed by atoms with E-state index >= 15 is 0 Å². The van der Waals surface area contributed by atoms with E-state index in [1.54, 1.807) is 18.2 Å². The lowest BCUT2D eigenvalue weighted by atomic mass is 9.78. The average Bonchev–Trinajstić information content (AvgIpc) is 2.94. The minimum Gasteiger partial charge on any atom is -0.491 e. The van der Waals surface area contributed by atoms with Gasteiger partial charge in [-0.3, -0.25) is 4.79 Å². The Kier molecular flexibility index (Phi) is 10.8. The van der Waals surface area contributed by atoms with Gasteiger partial charge in [0, 0.05) is 0 Å².